The quantitative estimate of drug-likeness (QED) is 0.713. The predicted octanol–water partition coefficient (Wildman–Crippen LogP) is 2.10. The lowest BCUT2D eigenvalue weighted by Crippen LogP contribution is -2.21. The van der Waals surface area contributed by atoms with Gasteiger partial charge < -0.3 is 9.64 Å². The highest BCUT2D eigenvalue weighted by Crippen LogP contribution is 2.19. The van der Waals surface area contributed by atoms with Crippen molar-refractivity contribution >= 4 is 5.91 Å². The standard InChI is InChI=1S/C18H19N5O2/c1-22(2)18(24)15-8-6-14(7-9-15)17-19-20-21-23(17)12-13-4-10-16(25-3)11-5-13/h4-11H,12H2,1-3H3. The summed E-state index contributed by atoms with van der Waals surface area (Å²) in [5.74, 6) is 1.42. The van der Waals surface area contributed by atoms with Crippen LogP contribution in [-0.2, 0) is 6.54 Å². The molecule has 0 aliphatic rings. The number of aromatic nitrogens is 4. The topological polar surface area (TPSA) is 73.1 Å². The molecule has 0 radical (unpaired) electrons. The lowest BCUT2D eigenvalue weighted by Gasteiger charge is -2.10. The number of nitrogens with zero attached hydrogens (tertiary/aromatic N) is 5. The van der Waals surface area contributed by atoms with Crippen molar-refractivity contribution < 1.29 is 9.53 Å². The third kappa shape index (κ3) is 3.65. The van der Waals surface area contributed by atoms with Crippen molar-refractivity contribution in [3.8, 4) is 17.1 Å². The first-order chi connectivity index (χ1) is 12.1. The molecule has 0 fully saturated rings. The molecule has 0 aliphatic heterocycles. The number of hydrogen-bond donors (Lipinski definition) is 0. The van der Waals surface area contributed by atoms with E-state index >= 15 is 0 Å². The summed E-state index contributed by atoms with van der Waals surface area (Å²) in [6.45, 7) is 0.546. The first-order valence-electron chi connectivity index (χ1n) is 7.79. The van der Waals surface area contributed by atoms with E-state index in [9.17, 15) is 4.79 Å². The smallest absolute Gasteiger partial charge is 0.253 e. The molecule has 0 unspecified atom stereocenters. The van der Waals surface area contributed by atoms with Crippen LogP contribution in [0.5, 0.6) is 5.75 Å². The Morgan fingerprint density at radius 1 is 1.08 bits per heavy atom. The number of tetrazole rings is 1. The molecule has 1 amide bonds. The van der Waals surface area contributed by atoms with E-state index in [-0.39, 0.29) is 5.91 Å². The predicted molar refractivity (Wildman–Crippen MR) is 93.4 cm³/mol. The van der Waals surface area contributed by atoms with E-state index in [1.54, 1.807) is 42.9 Å². The van der Waals surface area contributed by atoms with Gasteiger partial charge in [-0.1, -0.05) is 24.3 Å². The Bertz CT molecular complexity index is 854. The zero-order valence-electron chi connectivity index (χ0n) is 14.4. The molecule has 0 bridgehead atoms. The number of ether oxygens (including phenoxy) is 1. The summed E-state index contributed by atoms with van der Waals surface area (Å²) < 4.78 is 6.89. The Labute approximate surface area is 145 Å². The average Bonchev–Trinajstić information content (AvgIpc) is 3.10. The van der Waals surface area contributed by atoms with Crippen molar-refractivity contribution in [3.63, 3.8) is 0 Å². The largest absolute Gasteiger partial charge is 0.497 e. The van der Waals surface area contributed by atoms with Crippen molar-refractivity contribution in [1.29, 1.82) is 0 Å². The van der Waals surface area contributed by atoms with E-state index < -0.39 is 0 Å². The molecule has 0 saturated carbocycles. The fourth-order valence-corrected chi connectivity index (χ4v) is 2.44. The average molecular weight is 337 g/mol. The number of hydrogen-bond acceptors (Lipinski definition) is 5. The van der Waals surface area contributed by atoms with Crippen molar-refractivity contribution in [2.75, 3.05) is 21.2 Å². The molecule has 3 aromatic rings. The van der Waals surface area contributed by atoms with Crippen molar-refractivity contribution in [1.82, 2.24) is 25.1 Å². The summed E-state index contributed by atoms with van der Waals surface area (Å²) in [4.78, 5) is 13.5. The van der Waals surface area contributed by atoms with Gasteiger partial charge in [0.25, 0.3) is 5.91 Å². The molecule has 0 N–H and O–H groups in total. The first-order valence-corrected chi connectivity index (χ1v) is 7.79. The third-order valence-electron chi connectivity index (χ3n) is 3.82. The summed E-state index contributed by atoms with van der Waals surface area (Å²) in [6, 6.07) is 15.0. The van der Waals surface area contributed by atoms with Gasteiger partial charge in [0.05, 0.1) is 13.7 Å². The van der Waals surface area contributed by atoms with E-state index in [0.717, 1.165) is 16.9 Å². The third-order valence-corrected chi connectivity index (χ3v) is 3.82. The van der Waals surface area contributed by atoms with Crippen LogP contribution in [0.25, 0.3) is 11.4 Å². The molecular formula is C18H19N5O2. The molecule has 128 valence electrons. The van der Waals surface area contributed by atoms with Crippen LogP contribution < -0.4 is 4.74 Å². The normalized spacial score (nSPS) is 10.5. The fraction of sp³-hybridized carbons (Fsp3) is 0.222. The van der Waals surface area contributed by atoms with Gasteiger partial charge in [-0.15, -0.1) is 5.10 Å². The lowest BCUT2D eigenvalue weighted by atomic mass is 10.1. The maximum Gasteiger partial charge on any atom is 0.253 e. The van der Waals surface area contributed by atoms with Crippen molar-refractivity contribution in [2.24, 2.45) is 0 Å². The highest BCUT2D eigenvalue weighted by Gasteiger charge is 2.12. The Hall–Kier alpha value is -3.22. The van der Waals surface area contributed by atoms with E-state index in [0.29, 0.717) is 17.9 Å². The molecule has 0 spiro atoms. The molecule has 1 aromatic heterocycles. The monoisotopic (exact) mass is 337 g/mol. The van der Waals surface area contributed by atoms with Crippen molar-refractivity contribution in [3.05, 3.63) is 59.7 Å². The van der Waals surface area contributed by atoms with Gasteiger partial charge in [-0.05, 0) is 40.3 Å². The van der Waals surface area contributed by atoms with Gasteiger partial charge >= 0.3 is 0 Å². The van der Waals surface area contributed by atoms with Crippen LogP contribution in [0.4, 0.5) is 0 Å². The van der Waals surface area contributed by atoms with Gasteiger partial charge in [0, 0.05) is 25.2 Å². The van der Waals surface area contributed by atoms with Gasteiger partial charge in [-0.25, -0.2) is 4.68 Å². The molecular weight excluding hydrogens is 318 g/mol. The van der Waals surface area contributed by atoms with E-state index in [1.807, 2.05) is 36.4 Å². The number of amides is 1. The fourth-order valence-electron chi connectivity index (χ4n) is 2.44. The molecule has 7 nitrogen and oxygen atoms in total. The molecule has 7 heteroatoms. The second kappa shape index (κ2) is 7.12. The van der Waals surface area contributed by atoms with Crippen LogP contribution in [0, 0.1) is 0 Å². The maximum absolute atomic E-state index is 12.0. The van der Waals surface area contributed by atoms with Crippen molar-refractivity contribution in [2.45, 2.75) is 6.54 Å². The summed E-state index contributed by atoms with van der Waals surface area (Å²) >= 11 is 0. The minimum atomic E-state index is -0.0376. The number of benzene rings is 2. The number of carbonyl (C=O) groups is 1. The number of methoxy groups -OCH3 is 1. The SMILES string of the molecule is COc1ccc(Cn2nnnc2-c2ccc(C(=O)N(C)C)cc2)cc1. The van der Waals surface area contributed by atoms with Gasteiger partial charge in [0.15, 0.2) is 5.82 Å². The zero-order chi connectivity index (χ0) is 17.8. The van der Waals surface area contributed by atoms with Crippen LogP contribution >= 0.6 is 0 Å². The number of carbonyl (C=O) groups excluding carboxylic acids is 1. The van der Waals surface area contributed by atoms with E-state index in [4.69, 9.17) is 4.74 Å². The molecule has 3 rings (SSSR count). The van der Waals surface area contributed by atoms with E-state index in [2.05, 4.69) is 15.5 Å². The van der Waals surface area contributed by atoms with Crippen LogP contribution in [0.15, 0.2) is 48.5 Å². The Balaban J connectivity index is 1.82. The second-order valence-corrected chi connectivity index (χ2v) is 5.79. The number of rotatable bonds is 5. The summed E-state index contributed by atoms with van der Waals surface area (Å²) in [7, 11) is 5.09. The Kier molecular flexibility index (Phi) is 4.74. The maximum atomic E-state index is 12.0. The van der Waals surface area contributed by atoms with Crippen LogP contribution in [0.1, 0.15) is 15.9 Å². The van der Waals surface area contributed by atoms with Gasteiger partial charge in [-0.2, -0.15) is 0 Å². The summed E-state index contributed by atoms with van der Waals surface area (Å²) in [6.07, 6.45) is 0. The molecule has 0 aliphatic carbocycles. The summed E-state index contributed by atoms with van der Waals surface area (Å²) in [5.41, 5.74) is 2.55. The first kappa shape index (κ1) is 16.6. The van der Waals surface area contributed by atoms with Gasteiger partial charge in [-0.3, -0.25) is 4.79 Å². The van der Waals surface area contributed by atoms with Crippen LogP contribution in [0.3, 0.4) is 0 Å². The molecule has 1 heterocycles. The minimum Gasteiger partial charge on any atom is -0.497 e. The molecule has 0 atom stereocenters. The van der Waals surface area contributed by atoms with E-state index in [1.165, 1.54) is 0 Å². The highest BCUT2D eigenvalue weighted by atomic mass is 16.5. The molecule has 0 saturated heterocycles. The molecule has 25 heavy (non-hydrogen) atoms. The zero-order valence-corrected chi connectivity index (χ0v) is 14.4. The van der Waals surface area contributed by atoms with Crippen LogP contribution in [0.2, 0.25) is 0 Å². The highest BCUT2D eigenvalue weighted by molar-refractivity contribution is 5.94. The lowest BCUT2D eigenvalue weighted by molar-refractivity contribution is 0.0827. The summed E-state index contributed by atoms with van der Waals surface area (Å²) in [5, 5.41) is 12.0. The van der Waals surface area contributed by atoms with Crippen LogP contribution in [-0.4, -0.2) is 52.2 Å². The van der Waals surface area contributed by atoms with Gasteiger partial charge in [0.2, 0.25) is 0 Å². The minimum absolute atomic E-state index is 0.0376. The second-order valence-electron chi connectivity index (χ2n) is 5.79. The molecule has 2 aromatic carbocycles. The Morgan fingerprint density at radius 3 is 2.36 bits per heavy atom. The Morgan fingerprint density at radius 2 is 1.76 bits per heavy atom. The van der Waals surface area contributed by atoms with Gasteiger partial charge in [0.1, 0.15) is 5.75 Å².